The fraction of sp³-hybridized carbons (Fsp3) is 0.500. The molecule has 1 aromatic heterocycles. The van der Waals surface area contributed by atoms with Crippen LogP contribution < -0.4 is 11.1 Å². The van der Waals surface area contributed by atoms with Gasteiger partial charge in [0.2, 0.25) is 5.95 Å². The van der Waals surface area contributed by atoms with Gasteiger partial charge in [-0.15, -0.1) is 0 Å². The molecule has 0 spiro atoms. The van der Waals surface area contributed by atoms with Gasteiger partial charge in [0.25, 0.3) is 0 Å². The average Bonchev–Trinajstić information content (AvgIpc) is 2.88. The van der Waals surface area contributed by atoms with E-state index in [0.717, 1.165) is 5.52 Å². The van der Waals surface area contributed by atoms with E-state index in [0.29, 0.717) is 24.1 Å². The second kappa shape index (κ2) is 3.72. The number of nitrogens with two attached hydrogens (primary N) is 1. The number of aromatic nitrogens is 2. The third kappa shape index (κ3) is 1.45. The van der Waals surface area contributed by atoms with Crippen LogP contribution in [0.1, 0.15) is 31.7 Å². The summed E-state index contributed by atoms with van der Waals surface area (Å²) in [7, 11) is 0. The molecule has 2 bridgehead atoms. The Morgan fingerprint density at radius 3 is 2.67 bits per heavy atom. The van der Waals surface area contributed by atoms with E-state index in [1.54, 1.807) is 0 Å². The molecule has 0 aliphatic carbocycles. The number of benzene rings is 1. The first kappa shape index (κ1) is 10.4. The summed E-state index contributed by atoms with van der Waals surface area (Å²) in [6.07, 6.45) is 4.99. The summed E-state index contributed by atoms with van der Waals surface area (Å²) in [5, 5.41) is 3.68. The van der Waals surface area contributed by atoms with Crippen molar-refractivity contribution < 1.29 is 0 Å². The SMILES string of the molecule is Nc1nc2ccccc2n1C1C[C@H]2CC[C@@H](C1)N2. The van der Waals surface area contributed by atoms with Gasteiger partial charge in [0.1, 0.15) is 0 Å². The van der Waals surface area contributed by atoms with Crippen molar-refractivity contribution in [3.63, 3.8) is 0 Å². The van der Waals surface area contributed by atoms with Gasteiger partial charge >= 0.3 is 0 Å². The topological polar surface area (TPSA) is 55.9 Å². The predicted octanol–water partition coefficient (Wildman–Crippen LogP) is 2.07. The minimum absolute atomic E-state index is 0.510. The Kier molecular flexibility index (Phi) is 2.14. The molecule has 3 heterocycles. The molecule has 2 saturated heterocycles. The first-order valence-electron chi connectivity index (χ1n) is 6.80. The Bertz CT molecular complexity index is 576. The number of piperidine rings is 1. The summed E-state index contributed by atoms with van der Waals surface area (Å²) in [6, 6.07) is 10.1. The number of hydrogen-bond acceptors (Lipinski definition) is 3. The van der Waals surface area contributed by atoms with Crippen LogP contribution in [0.15, 0.2) is 24.3 Å². The summed E-state index contributed by atoms with van der Waals surface area (Å²) >= 11 is 0. The number of imidazole rings is 1. The zero-order valence-electron chi connectivity index (χ0n) is 10.3. The maximum Gasteiger partial charge on any atom is 0.201 e. The molecule has 3 N–H and O–H groups in total. The van der Waals surface area contributed by atoms with Gasteiger partial charge in [0.15, 0.2) is 0 Å². The van der Waals surface area contributed by atoms with Gasteiger partial charge in [-0.05, 0) is 37.8 Å². The van der Waals surface area contributed by atoms with Crippen LogP contribution in [-0.2, 0) is 0 Å². The first-order chi connectivity index (χ1) is 8.81. The second-order valence-electron chi connectivity index (χ2n) is 5.59. The van der Waals surface area contributed by atoms with E-state index in [1.807, 2.05) is 12.1 Å². The van der Waals surface area contributed by atoms with Crippen molar-refractivity contribution in [2.24, 2.45) is 0 Å². The molecule has 4 rings (SSSR count). The van der Waals surface area contributed by atoms with Gasteiger partial charge in [-0.1, -0.05) is 12.1 Å². The highest BCUT2D eigenvalue weighted by molar-refractivity contribution is 5.78. The lowest BCUT2D eigenvalue weighted by Gasteiger charge is -2.30. The molecule has 1 aromatic carbocycles. The van der Waals surface area contributed by atoms with Gasteiger partial charge in [-0.3, -0.25) is 0 Å². The van der Waals surface area contributed by atoms with Crippen LogP contribution in [0, 0.1) is 0 Å². The number of fused-ring (bicyclic) bond motifs is 3. The maximum absolute atomic E-state index is 6.13. The molecular weight excluding hydrogens is 224 g/mol. The van der Waals surface area contributed by atoms with E-state index in [1.165, 1.54) is 31.2 Å². The van der Waals surface area contributed by atoms with Crippen LogP contribution in [0.25, 0.3) is 11.0 Å². The Morgan fingerprint density at radius 2 is 1.89 bits per heavy atom. The molecule has 3 atom stereocenters. The second-order valence-corrected chi connectivity index (χ2v) is 5.59. The van der Waals surface area contributed by atoms with Gasteiger partial charge < -0.3 is 15.6 Å². The molecule has 2 aliphatic rings. The van der Waals surface area contributed by atoms with Crippen molar-refractivity contribution in [3.05, 3.63) is 24.3 Å². The quantitative estimate of drug-likeness (QED) is 0.805. The zero-order chi connectivity index (χ0) is 12.1. The first-order valence-corrected chi connectivity index (χ1v) is 6.80. The van der Waals surface area contributed by atoms with Gasteiger partial charge in [0.05, 0.1) is 11.0 Å². The van der Waals surface area contributed by atoms with Crippen LogP contribution in [0.2, 0.25) is 0 Å². The van der Waals surface area contributed by atoms with E-state index in [2.05, 4.69) is 27.0 Å². The fourth-order valence-electron chi connectivity index (χ4n) is 3.68. The monoisotopic (exact) mass is 242 g/mol. The third-order valence-electron chi connectivity index (χ3n) is 4.44. The Morgan fingerprint density at radius 1 is 1.17 bits per heavy atom. The normalized spacial score (nSPS) is 31.0. The van der Waals surface area contributed by atoms with Crippen LogP contribution in [0.4, 0.5) is 5.95 Å². The summed E-state index contributed by atoms with van der Waals surface area (Å²) in [5.74, 6) is 0.669. The highest BCUT2D eigenvalue weighted by Crippen LogP contribution is 2.37. The van der Waals surface area contributed by atoms with Gasteiger partial charge in [-0.25, -0.2) is 4.98 Å². The maximum atomic E-state index is 6.13. The largest absolute Gasteiger partial charge is 0.369 e. The lowest BCUT2D eigenvalue weighted by atomic mass is 9.99. The van der Waals surface area contributed by atoms with Crippen molar-refractivity contribution in [1.29, 1.82) is 0 Å². The van der Waals surface area contributed by atoms with Crippen molar-refractivity contribution >= 4 is 17.0 Å². The Labute approximate surface area is 106 Å². The molecule has 2 aliphatic heterocycles. The van der Waals surface area contributed by atoms with Gasteiger partial charge in [-0.2, -0.15) is 0 Å². The number of nitrogen functional groups attached to an aromatic ring is 1. The summed E-state index contributed by atoms with van der Waals surface area (Å²) in [5.41, 5.74) is 8.32. The minimum atomic E-state index is 0.510. The number of nitrogens with zero attached hydrogens (tertiary/aromatic N) is 2. The number of rotatable bonds is 1. The number of hydrogen-bond donors (Lipinski definition) is 2. The summed E-state index contributed by atoms with van der Waals surface area (Å²) < 4.78 is 2.25. The van der Waals surface area contributed by atoms with Gasteiger partial charge in [0, 0.05) is 18.1 Å². The molecule has 2 fully saturated rings. The lowest BCUT2D eigenvalue weighted by molar-refractivity contribution is 0.305. The number of nitrogens with one attached hydrogen (secondary N) is 1. The minimum Gasteiger partial charge on any atom is -0.369 e. The third-order valence-corrected chi connectivity index (χ3v) is 4.44. The smallest absolute Gasteiger partial charge is 0.201 e. The lowest BCUT2D eigenvalue weighted by Crippen LogP contribution is -2.39. The van der Waals surface area contributed by atoms with E-state index in [9.17, 15) is 0 Å². The van der Waals surface area contributed by atoms with Crippen molar-refractivity contribution in [2.45, 2.75) is 43.8 Å². The molecule has 2 aromatic rings. The standard InChI is InChI=1S/C14H18N4/c15-14-17-12-3-1-2-4-13(12)18(14)11-7-9-5-6-10(8-11)16-9/h1-4,9-11,16H,5-8H2,(H2,15,17)/t9-,10+,11?. The Hall–Kier alpha value is -1.55. The van der Waals surface area contributed by atoms with E-state index >= 15 is 0 Å². The van der Waals surface area contributed by atoms with E-state index in [4.69, 9.17) is 5.73 Å². The molecule has 0 amide bonds. The zero-order valence-corrected chi connectivity index (χ0v) is 10.3. The molecule has 18 heavy (non-hydrogen) atoms. The van der Waals surface area contributed by atoms with Crippen molar-refractivity contribution in [3.8, 4) is 0 Å². The average molecular weight is 242 g/mol. The molecule has 0 saturated carbocycles. The highest BCUT2D eigenvalue weighted by Gasteiger charge is 2.35. The van der Waals surface area contributed by atoms with Crippen LogP contribution in [-0.4, -0.2) is 21.6 Å². The Balaban J connectivity index is 1.80. The molecule has 1 unspecified atom stereocenters. The van der Waals surface area contributed by atoms with Crippen LogP contribution >= 0.6 is 0 Å². The number of anilines is 1. The van der Waals surface area contributed by atoms with E-state index in [-0.39, 0.29) is 0 Å². The van der Waals surface area contributed by atoms with Crippen LogP contribution in [0.3, 0.4) is 0 Å². The molecule has 94 valence electrons. The highest BCUT2D eigenvalue weighted by atomic mass is 15.2. The van der Waals surface area contributed by atoms with Crippen molar-refractivity contribution in [2.75, 3.05) is 5.73 Å². The molecular formula is C14H18N4. The van der Waals surface area contributed by atoms with E-state index < -0.39 is 0 Å². The fourth-order valence-corrected chi connectivity index (χ4v) is 3.68. The molecule has 4 nitrogen and oxygen atoms in total. The van der Waals surface area contributed by atoms with Crippen molar-refractivity contribution in [1.82, 2.24) is 14.9 Å². The number of para-hydroxylation sites is 2. The summed E-state index contributed by atoms with van der Waals surface area (Å²) in [6.45, 7) is 0. The summed E-state index contributed by atoms with van der Waals surface area (Å²) in [4.78, 5) is 4.48. The molecule has 0 radical (unpaired) electrons. The van der Waals surface area contributed by atoms with Crippen LogP contribution in [0.5, 0.6) is 0 Å². The predicted molar refractivity (Wildman–Crippen MR) is 72.4 cm³/mol. The molecule has 4 heteroatoms.